The van der Waals surface area contributed by atoms with E-state index < -0.39 is 11.7 Å². The first-order chi connectivity index (χ1) is 8.49. The van der Waals surface area contributed by atoms with Crippen molar-refractivity contribution in [2.75, 3.05) is 6.54 Å². The van der Waals surface area contributed by atoms with Crippen LogP contribution in [0.5, 0.6) is 0 Å². The monoisotopic (exact) mass is 256 g/mol. The molecule has 0 aliphatic carbocycles. The minimum atomic E-state index is -4.34. The van der Waals surface area contributed by atoms with Crippen molar-refractivity contribution in [3.63, 3.8) is 0 Å². The van der Waals surface area contributed by atoms with Gasteiger partial charge in [-0.05, 0) is 25.6 Å². The highest BCUT2D eigenvalue weighted by molar-refractivity contribution is 5.20. The van der Waals surface area contributed by atoms with E-state index in [0.29, 0.717) is 18.7 Å². The van der Waals surface area contributed by atoms with Gasteiger partial charge >= 0.3 is 6.18 Å². The smallest absolute Gasteiger partial charge is 0.308 e. The SMILES string of the molecule is CC#CCC(NCC)c1ccc(C(F)(F)F)cn1. The Kier molecular flexibility index (Phi) is 5.17. The maximum absolute atomic E-state index is 12.4. The van der Waals surface area contributed by atoms with Crippen molar-refractivity contribution in [2.45, 2.75) is 32.5 Å². The Morgan fingerprint density at radius 2 is 2.11 bits per heavy atom. The van der Waals surface area contributed by atoms with Crippen molar-refractivity contribution >= 4 is 0 Å². The molecule has 0 amide bonds. The third kappa shape index (κ3) is 4.04. The lowest BCUT2D eigenvalue weighted by atomic mass is 10.1. The Morgan fingerprint density at radius 1 is 1.39 bits per heavy atom. The number of pyridine rings is 1. The van der Waals surface area contributed by atoms with Crippen LogP contribution in [-0.2, 0) is 6.18 Å². The minimum absolute atomic E-state index is 0.135. The van der Waals surface area contributed by atoms with Crippen LogP contribution in [-0.4, -0.2) is 11.5 Å². The molecule has 1 aromatic heterocycles. The molecule has 0 aliphatic rings. The molecule has 0 saturated carbocycles. The molecule has 0 saturated heterocycles. The average molecular weight is 256 g/mol. The Morgan fingerprint density at radius 3 is 2.56 bits per heavy atom. The molecule has 1 N–H and O–H groups in total. The van der Waals surface area contributed by atoms with Crippen molar-refractivity contribution in [2.24, 2.45) is 0 Å². The van der Waals surface area contributed by atoms with Crippen molar-refractivity contribution in [3.8, 4) is 11.8 Å². The van der Waals surface area contributed by atoms with E-state index in [1.807, 2.05) is 6.92 Å². The van der Waals surface area contributed by atoms with E-state index in [2.05, 4.69) is 22.1 Å². The van der Waals surface area contributed by atoms with Gasteiger partial charge in [-0.1, -0.05) is 6.92 Å². The van der Waals surface area contributed by atoms with Gasteiger partial charge in [-0.3, -0.25) is 4.98 Å². The number of halogens is 3. The van der Waals surface area contributed by atoms with E-state index in [1.54, 1.807) is 6.92 Å². The second-order valence-electron chi connectivity index (χ2n) is 3.71. The molecule has 0 bridgehead atoms. The first-order valence-electron chi connectivity index (χ1n) is 5.65. The van der Waals surface area contributed by atoms with Gasteiger partial charge in [-0.25, -0.2) is 0 Å². The standard InChI is InChI=1S/C13H15F3N2/c1-3-5-6-11(17-4-2)12-8-7-10(9-18-12)13(14,15)16/h7-9,11,17H,4,6H2,1-2H3. The molecule has 5 heteroatoms. The summed E-state index contributed by atoms with van der Waals surface area (Å²) < 4.78 is 37.2. The zero-order valence-electron chi connectivity index (χ0n) is 10.3. The molecule has 1 atom stereocenters. The first kappa shape index (κ1) is 14.5. The van der Waals surface area contributed by atoms with Crippen molar-refractivity contribution in [1.82, 2.24) is 10.3 Å². The predicted octanol–water partition coefficient (Wildman–Crippen LogP) is 3.16. The molecule has 0 spiro atoms. The molecular formula is C13H15F3N2. The molecule has 1 aromatic rings. The van der Waals surface area contributed by atoms with Crippen LogP contribution in [0, 0.1) is 11.8 Å². The highest BCUT2D eigenvalue weighted by Crippen LogP contribution is 2.29. The van der Waals surface area contributed by atoms with Gasteiger partial charge in [0.05, 0.1) is 17.3 Å². The zero-order valence-corrected chi connectivity index (χ0v) is 10.3. The predicted molar refractivity (Wildman–Crippen MR) is 63.7 cm³/mol. The highest BCUT2D eigenvalue weighted by atomic mass is 19.4. The van der Waals surface area contributed by atoms with Crippen LogP contribution >= 0.6 is 0 Å². The van der Waals surface area contributed by atoms with E-state index in [9.17, 15) is 13.2 Å². The first-order valence-corrected chi connectivity index (χ1v) is 5.65. The van der Waals surface area contributed by atoms with E-state index in [4.69, 9.17) is 0 Å². The van der Waals surface area contributed by atoms with E-state index in [1.165, 1.54) is 6.07 Å². The summed E-state index contributed by atoms with van der Waals surface area (Å²) >= 11 is 0. The van der Waals surface area contributed by atoms with Gasteiger partial charge in [0.25, 0.3) is 0 Å². The Hall–Kier alpha value is -1.54. The zero-order chi connectivity index (χ0) is 13.6. The van der Waals surface area contributed by atoms with E-state index in [0.717, 1.165) is 12.3 Å². The van der Waals surface area contributed by atoms with Gasteiger partial charge in [-0.15, -0.1) is 11.8 Å². The molecule has 1 rings (SSSR count). The highest BCUT2D eigenvalue weighted by Gasteiger charge is 2.30. The summed E-state index contributed by atoms with van der Waals surface area (Å²) in [5.41, 5.74) is -0.157. The van der Waals surface area contributed by atoms with Gasteiger partial charge in [0.1, 0.15) is 0 Å². The van der Waals surface area contributed by atoms with E-state index >= 15 is 0 Å². The van der Waals surface area contributed by atoms with Gasteiger partial charge in [-0.2, -0.15) is 13.2 Å². The van der Waals surface area contributed by atoms with Crippen LogP contribution < -0.4 is 5.32 Å². The lowest BCUT2D eigenvalue weighted by Crippen LogP contribution is -2.21. The normalized spacial score (nSPS) is 12.7. The molecular weight excluding hydrogens is 241 g/mol. The van der Waals surface area contributed by atoms with Crippen molar-refractivity contribution < 1.29 is 13.2 Å². The fourth-order valence-corrected chi connectivity index (χ4v) is 1.51. The largest absolute Gasteiger partial charge is 0.417 e. The van der Waals surface area contributed by atoms with Crippen LogP contribution in [0.2, 0.25) is 0 Å². The van der Waals surface area contributed by atoms with Crippen LogP contribution in [0.3, 0.4) is 0 Å². The molecule has 0 radical (unpaired) electrons. The lowest BCUT2D eigenvalue weighted by molar-refractivity contribution is -0.137. The van der Waals surface area contributed by atoms with Gasteiger partial charge in [0.15, 0.2) is 0 Å². The van der Waals surface area contributed by atoms with Crippen LogP contribution in [0.4, 0.5) is 13.2 Å². The average Bonchev–Trinajstić information content (AvgIpc) is 2.33. The molecule has 0 aliphatic heterocycles. The van der Waals surface area contributed by atoms with Gasteiger partial charge in [0.2, 0.25) is 0 Å². The number of aromatic nitrogens is 1. The quantitative estimate of drug-likeness (QED) is 0.837. The van der Waals surface area contributed by atoms with Crippen LogP contribution in [0.15, 0.2) is 18.3 Å². The molecule has 1 unspecified atom stereocenters. The number of nitrogens with one attached hydrogen (secondary N) is 1. The number of hydrogen-bond acceptors (Lipinski definition) is 2. The minimum Gasteiger partial charge on any atom is -0.308 e. The maximum atomic E-state index is 12.4. The summed E-state index contributed by atoms with van der Waals surface area (Å²) in [4.78, 5) is 3.87. The third-order valence-corrected chi connectivity index (χ3v) is 2.40. The van der Waals surface area contributed by atoms with Crippen molar-refractivity contribution in [3.05, 3.63) is 29.6 Å². The molecule has 1 heterocycles. The summed E-state index contributed by atoms with van der Waals surface area (Å²) in [6.07, 6.45) is -2.95. The molecule has 0 aromatic carbocycles. The fourth-order valence-electron chi connectivity index (χ4n) is 1.51. The summed E-state index contributed by atoms with van der Waals surface area (Å²) in [6.45, 7) is 4.36. The lowest BCUT2D eigenvalue weighted by Gasteiger charge is -2.15. The number of alkyl halides is 3. The fraction of sp³-hybridized carbons (Fsp3) is 0.462. The molecule has 98 valence electrons. The second-order valence-corrected chi connectivity index (χ2v) is 3.71. The number of hydrogen-bond donors (Lipinski definition) is 1. The van der Waals surface area contributed by atoms with Gasteiger partial charge < -0.3 is 5.32 Å². The Balaban J connectivity index is 2.88. The second kappa shape index (κ2) is 6.41. The third-order valence-electron chi connectivity index (χ3n) is 2.40. The summed E-state index contributed by atoms with van der Waals surface area (Å²) in [5, 5.41) is 3.15. The van der Waals surface area contributed by atoms with Gasteiger partial charge in [0, 0.05) is 12.6 Å². The summed E-state index contributed by atoms with van der Waals surface area (Å²) in [7, 11) is 0. The number of rotatable bonds is 4. The van der Waals surface area contributed by atoms with E-state index in [-0.39, 0.29) is 6.04 Å². The Labute approximate surface area is 105 Å². The topological polar surface area (TPSA) is 24.9 Å². The van der Waals surface area contributed by atoms with Crippen LogP contribution in [0.25, 0.3) is 0 Å². The summed E-state index contributed by atoms with van der Waals surface area (Å²) in [5.74, 6) is 5.67. The number of nitrogens with zero attached hydrogens (tertiary/aromatic N) is 1. The molecule has 18 heavy (non-hydrogen) atoms. The molecule has 0 fully saturated rings. The maximum Gasteiger partial charge on any atom is 0.417 e. The molecule has 2 nitrogen and oxygen atoms in total. The summed E-state index contributed by atoms with van der Waals surface area (Å²) in [6, 6.07) is 2.31. The van der Waals surface area contributed by atoms with Crippen molar-refractivity contribution in [1.29, 1.82) is 0 Å². The Bertz CT molecular complexity index is 426. The van der Waals surface area contributed by atoms with Crippen LogP contribution in [0.1, 0.15) is 37.6 Å².